The number of nitrogens with zero attached hydrogens (tertiary/aromatic N) is 4. The van der Waals surface area contributed by atoms with Gasteiger partial charge in [-0.1, -0.05) is 0 Å². The molecule has 0 radical (unpaired) electrons. The number of hydrogen-bond acceptors (Lipinski definition) is 3. The number of nitriles is 1. The highest BCUT2D eigenvalue weighted by atomic mass is 15.0. The van der Waals surface area contributed by atoms with E-state index in [1.807, 2.05) is 16.8 Å². The molecule has 0 unspecified atom stereocenters. The van der Waals surface area contributed by atoms with Gasteiger partial charge in [-0.25, -0.2) is 9.97 Å². The van der Waals surface area contributed by atoms with Crippen molar-refractivity contribution in [3.8, 4) is 6.07 Å². The van der Waals surface area contributed by atoms with Gasteiger partial charge in [-0.2, -0.15) is 5.26 Å². The second-order valence-electron chi connectivity index (χ2n) is 2.80. The van der Waals surface area contributed by atoms with E-state index in [9.17, 15) is 0 Å². The second kappa shape index (κ2) is 3.71. The van der Waals surface area contributed by atoms with Crippen molar-refractivity contribution in [1.82, 2.24) is 14.5 Å². The zero-order valence-corrected chi connectivity index (χ0v) is 7.46. The normalized spacial score (nSPS) is 9.64. The Balaban J connectivity index is 2.24. The summed E-state index contributed by atoms with van der Waals surface area (Å²) in [6.07, 6.45) is 5.23. The number of rotatable bonds is 2. The summed E-state index contributed by atoms with van der Waals surface area (Å²) in [5.41, 5.74) is 0.623. The maximum atomic E-state index is 8.77. The van der Waals surface area contributed by atoms with Gasteiger partial charge >= 0.3 is 0 Å². The standard InChI is InChI=1S/C10H8N4/c11-7-9-3-1-6-14(9)8-10-12-4-2-5-13-10/h1-6H,8H2. The van der Waals surface area contributed by atoms with E-state index in [0.29, 0.717) is 18.1 Å². The number of hydrogen-bond donors (Lipinski definition) is 0. The Morgan fingerprint density at radius 1 is 1.29 bits per heavy atom. The molecule has 0 N–H and O–H groups in total. The van der Waals surface area contributed by atoms with E-state index in [0.717, 1.165) is 0 Å². The van der Waals surface area contributed by atoms with E-state index in [-0.39, 0.29) is 0 Å². The lowest BCUT2D eigenvalue weighted by Crippen LogP contribution is -2.04. The Morgan fingerprint density at radius 2 is 2.07 bits per heavy atom. The SMILES string of the molecule is N#Cc1cccn1Cc1ncccn1. The van der Waals surface area contributed by atoms with Crippen molar-refractivity contribution in [1.29, 1.82) is 5.26 Å². The molecule has 68 valence electrons. The number of aromatic nitrogens is 3. The van der Waals surface area contributed by atoms with Crippen molar-refractivity contribution in [2.75, 3.05) is 0 Å². The molecule has 0 saturated heterocycles. The van der Waals surface area contributed by atoms with E-state index >= 15 is 0 Å². The molecule has 0 aliphatic rings. The van der Waals surface area contributed by atoms with Gasteiger partial charge in [0.25, 0.3) is 0 Å². The van der Waals surface area contributed by atoms with Crippen LogP contribution in [0, 0.1) is 11.3 Å². The smallest absolute Gasteiger partial charge is 0.147 e. The molecule has 2 heterocycles. The maximum Gasteiger partial charge on any atom is 0.147 e. The highest BCUT2D eigenvalue weighted by Gasteiger charge is 2.01. The van der Waals surface area contributed by atoms with Gasteiger partial charge in [0.05, 0.1) is 6.54 Å². The van der Waals surface area contributed by atoms with Crippen LogP contribution in [0.4, 0.5) is 0 Å². The van der Waals surface area contributed by atoms with E-state index in [1.54, 1.807) is 24.5 Å². The molecule has 4 heteroatoms. The third kappa shape index (κ3) is 1.62. The molecule has 0 amide bonds. The minimum Gasteiger partial charge on any atom is -0.332 e. The van der Waals surface area contributed by atoms with Gasteiger partial charge in [0, 0.05) is 18.6 Å². The van der Waals surface area contributed by atoms with Crippen LogP contribution in [-0.4, -0.2) is 14.5 Å². The molecule has 0 aliphatic heterocycles. The van der Waals surface area contributed by atoms with Crippen molar-refractivity contribution in [3.05, 3.63) is 48.3 Å². The van der Waals surface area contributed by atoms with Gasteiger partial charge in [-0.3, -0.25) is 0 Å². The average Bonchev–Trinajstić information content (AvgIpc) is 2.67. The van der Waals surface area contributed by atoms with Crippen LogP contribution in [0.15, 0.2) is 36.8 Å². The molecule has 0 aliphatic carbocycles. The molecule has 0 atom stereocenters. The Kier molecular flexibility index (Phi) is 2.24. The largest absolute Gasteiger partial charge is 0.332 e. The van der Waals surface area contributed by atoms with Crippen LogP contribution < -0.4 is 0 Å². The lowest BCUT2D eigenvalue weighted by molar-refractivity contribution is 0.740. The molecule has 2 aromatic heterocycles. The fraction of sp³-hybridized carbons (Fsp3) is 0.100. The average molecular weight is 184 g/mol. The fourth-order valence-electron chi connectivity index (χ4n) is 1.22. The van der Waals surface area contributed by atoms with Gasteiger partial charge in [0.2, 0.25) is 0 Å². The Bertz CT molecular complexity index is 452. The predicted octanol–water partition coefficient (Wildman–Crippen LogP) is 1.20. The van der Waals surface area contributed by atoms with Crippen molar-refractivity contribution in [2.24, 2.45) is 0 Å². The van der Waals surface area contributed by atoms with Crippen LogP contribution in [-0.2, 0) is 6.54 Å². The third-order valence-electron chi connectivity index (χ3n) is 1.88. The summed E-state index contributed by atoms with van der Waals surface area (Å²) >= 11 is 0. The maximum absolute atomic E-state index is 8.77. The fourth-order valence-corrected chi connectivity index (χ4v) is 1.22. The molecule has 4 nitrogen and oxygen atoms in total. The second-order valence-corrected chi connectivity index (χ2v) is 2.80. The van der Waals surface area contributed by atoms with E-state index in [4.69, 9.17) is 5.26 Å². The molecular formula is C10H8N4. The van der Waals surface area contributed by atoms with E-state index in [2.05, 4.69) is 16.0 Å². The zero-order chi connectivity index (χ0) is 9.80. The molecule has 0 aromatic carbocycles. The summed E-state index contributed by atoms with van der Waals surface area (Å²) < 4.78 is 1.81. The molecule has 0 bridgehead atoms. The lowest BCUT2D eigenvalue weighted by Gasteiger charge is -2.01. The molecule has 2 aromatic rings. The summed E-state index contributed by atoms with van der Waals surface area (Å²) in [5, 5.41) is 8.77. The Labute approximate surface area is 81.5 Å². The Morgan fingerprint density at radius 3 is 2.79 bits per heavy atom. The molecule has 2 rings (SSSR count). The van der Waals surface area contributed by atoms with Crippen molar-refractivity contribution in [3.63, 3.8) is 0 Å². The first-order valence-corrected chi connectivity index (χ1v) is 4.21. The zero-order valence-electron chi connectivity index (χ0n) is 7.46. The van der Waals surface area contributed by atoms with Crippen LogP contribution in [0.3, 0.4) is 0 Å². The van der Waals surface area contributed by atoms with Gasteiger partial charge in [0.15, 0.2) is 0 Å². The third-order valence-corrected chi connectivity index (χ3v) is 1.88. The molecule has 0 fully saturated rings. The first kappa shape index (κ1) is 8.45. The van der Waals surface area contributed by atoms with E-state index < -0.39 is 0 Å². The first-order chi connectivity index (χ1) is 6.90. The monoisotopic (exact) mass is 184 g/mol. The molecular weight excluding hydrogens is 176 g/mol. The topological polar surface area (TPSA) is 54.5 Å². The van der Waals surface area contributed by atoms with Crippen molar-refractivity contribution in [2.45, 2.75) is 6.54 Å². The summed E-state index contributed by atoms with van der Waals surface area (Å²) in [6, 6.07) is 7.47. The molecule has 0 spiro atoms. The summed E-state index contributed by atoms with van der Waals surface area (Å²) in [4.78, 5) is 8.18. The van der Waals surface area contributed by atoms with Crippen molar-refractivity contribution < 1.29 is 0 Å². The van der Waals surface area contributed by atoms with Crippen LogP contribution in [0.5, 0.6) is 0 Å². The van der Waals surface area contributed by atoms with Gasteiger partial charge in [0.1, 0.15) is 17.6 Å². The minimum atomic E-state index is 0.538. The molecule has 14 heavy (non-hydrogen) atoms. The van der Waals surface area contributed by atoms with Gasteiger partial charge in [-0.05, 0) is 18.2 Å². The lowest BCUT2D eigenvalue weighted by atomic mass is 10.4. The van der Waals surface area contributed by atoms with Crippen molar-refractivity contribution >= 4 is 0 Å². The Hall–Kier alpha value is -2.15. The van der Waals surface area contributed by atoms with Gasteiger partial charge < -0.3 is 4.57 Å². The highest BCUT2D eigenvalue weighted by molar-refractivity contribution is 5.22. The quantitative estimate of drug-likeness (QED) is 0.704. The van der Waals surface area contributed by atoms with Crippen LogP contribution >= 0.6 is 0 Å². The molecule has 0 saturated carbocycles. The summed E-state index contributed by atoms with van der Waals surface area (Å²) in [7, 11) is 0. The first-order valence-electron chi connectivity index (χ1n) is 4.21. The van der Waals surface area contributed by atoms with Crippen LogP contribution in [0.1, 0.15) is 11.5 Å². The summed E-state index contributed by atoms with van der Waals surface area (Å²) in [5.74, 6) is 0.709. The minimum absolute atomic E-state index is 0.538. The highest BCUT2D eigenvalue weighted by Crippen LogP contribution is 2.02. The van der Waals surface area contributed by atoms with E-state index in [1.165, 1.54) is 0 Å². The van der Waals surface area contributed by atoms with Gasteiger partial charge in [-0.15, -0.1) is 0 Å². The van der Waals surface area contributed by atoms with Crippen LogP contribution in [0.25, 0.3) is 0 Å². The van der Waals surface area contributed by atoms with Crippen LogP contribution in [0.2, 0.25) is 0 Å². The predicted molar refractivity (Wildman–Crippen MR) is 50.3 cm³/mol. The summed E-state index contributed by atoms with van der Waals surface area (Å²) in [6.45, 7) is 0.538.